The predicted molar refractivity (Wildman–Crippen MR) is 61.9 cm³/mol. The van der Waals surface area contributed by atoms with Crippen LogP contribution >= 0.6 is 11.8 Å². The molecule has 0 rings (SSSR count). The zero-order chi connectivity index (χ0) is 8.53. The van der Waals surface area contributed by atoms with E-state index in [9.17, 15) is 0 Å². The fourth-order valence-corrected chi connectivity index (χ4v) is 2.00. The SMILES string of the molecule is CCCCCCCC(C)[SH4]C. The summed E-state index contributed by atoms with van der Waals surface area (Å²) >= 11 is 0.299. The number of hydrogen-bond donors (Lipinski definition) is 0. The second-order valence-electron chi connectivity index (χ2n) is 3.72. The van der Waals surface area contributed by atoms with Gasteiger partial charge in [-0.2, -0.15) is 0 Å². The first-order valence-corrected chi connectivity index (χ1v) is 7.54. The third-order valence-corrected chi connectivity index (χ3v) is 4.30. The molecule has 0 bridgehead atoms. The summed E-state index contributed by atoms with van der Waals surface area (Å²) in [5.74, 6) is 0. The van der Waals surface area contributed by atoms with Gasteiger partial charge in [-0.05, 0) is 11.7 Å². The van der Waals surface area contributed by atoms with Gasteiger partial charge in [0.25, 0.3) is 0 Å². The second-order valence-corrected chi connectivity index (χ2v) is 5.93. The second kappa shape index (κ2) is 8.45. The van der Waals surface area contributed by atoms with Crippen molar-refractivity contribution < 1.29 is 0 Å². The lowest BCUT2D eigenvalue weighted by molar-refractivity contribution is 0.607. The Morgan fingerprint density at radius 3 is 2.27 bits per heavy atom. The van der Waals surface area contributed by atoms with Crippen LogP contribution in [0.3, 0.4) is 0 Å². The first kappa shape index (κ1) is 11.4. The molecule has 0 aliphatic carbocycles. The Hall–Kier alpha value is 0.350. The Morgan fingerprint density at radius 2 is 1.73 bits per heavy atom. The molecule has 0 heterocycles. The van der Waals surface area contributed by atoms with E-state index in [-0.39, 0.29) is 0 Å². The molecule has 1 atom stereocenters. The van der Waals surface area contributed by atoms with Gasteiger partial charge in [0.05, 0.1) is 0 Å². The van der Waals surface area contributed by atoms with Crippen molar-refractivity contribution in [3.05, 3.63) is 0 Å². The van der Waals surface area contributed by atoms with Gasteiger partial charge < -0.3 is 11.8 Å². The summed E-state index contributed by atoms with van der Waals surface area (Å²) in [5, 5.41) is 1.09. The highest BCUT2D eigenvalue weighted by Crippen LogP contribution is 2.14. The van der Waals surface area contributed by atoms with Crippen LogP contribution in [0, 0.1) is 0 Å². The lowest BCUT2D eigenvalue weighted by atomic mass is 10.1. The third kappa shape index (κ3) is 8.25. The van der Waals surface area contributed by atoms with Crippen LogP contribution in [0.25, 0.3) is 0 Å². The van der Waals surface area contributed by atoms with Gasteiger partial charge in [0, 0.05) is 0 Å². The fraction of sp³-hybridized carbons (Fsp3) is 1.00. The lowest BCUT2D eigenvalue weighted by Crippen LogP contribution is -1.93. The summed E-state index contributed by atoms with van der Waals surface area (Å²) in [7, 11) is 0. The summed E-state index contributed by atoms with van der Waals surface area (Å²) in [4.78, 5) is 0. The van der Waals surface area contributed by atoms with Crippen LogP contribution in [0.5, 0.6) is 0 Å². The third-order valence-electron chi connectivity index (χ3n) is 2.50. The maximum Gasteiger partial charge on any atom is -0.0331 e. The number of hydrogen-bond acceptors (Lipinski definition) is 0. The van der Waals surface area contributed by atoms with Gasteiger partial charge in [0.1, 0.15) is 0 Å². The van der Waals surface area contributed by atoms with Crippen molar-refractivity contribution in [1.29, 1.82) is 0 Å². The van der Waals surface area contributed by atoms with Gasteiger partial charge in [-0.3, -0.25) is 0 Å². The van der Waals surface area contributed by atoms with Crippen molar-refractivity contribution in [3.8, 4) is 0 Å². The van der Waals surface area contributed by atoms with Gasteiger partial charge in [-0.15, -0.1) is 0 Å². The largest absolute Gasteiger partial charge is 0.309 e. The molecule has 0 aliphatic heterocycles. The highest BCUT2D eigenvalue weighted by atomic mass is 32.2. The van der Waals surface area contributed by atoms with Crippen LogP contribution in [-0.4, -0.2) is 11.5 Å². The molecule has 0 amide bonds. The van der Waals surface area contributed by atoms with Crippen molar-refractivity contribution in [2.24, 2.45) is 0 Å². The van der Waals surface area contributed by atoms with Crippen molar-refractivity contribution in [1.82, 2.24) is 0 Å². The predicted octanol–water partition coefficient (Wildman–Crippen LogP) is 3.03. The molecule has 0 nitrogen and oxygen atoms in total. The van der Waals surface area contributed by atoms with Crippen molar-refractivity contribution in [2.75, 3.05) is 6.26 Å². The van der Waals surface area contributed by atoms with Crippen LogP contribution < -0.4 is 0 Å². The number of rotatable bonds is 7. The summed E-state index contributed by atoms with van der Waals surface area (Å²) in [5.41, 5.74) is 0. The molecular weight excluding hydrogens is 152 g/mol. The van der Waals surface area contributed by atoms with Crippen LogP contribution in [0.15, 0.2) is 0 Å². The van der Waals surface area contributed by atoms with Gasteiger partial charge in [0.2, 0.25) is 0 Å². The zero-order valence-electron chi connectivity index (χ0n) is 8.53. The van der Waals surface area contributed by atoms with Gasteiger partial charge in [0.15, 0.2) is 0 Å². The van der Waals surface area contributed by atoms with E-state index in [4.69, 9.17) is 0 Å². The fourth-order valence-electron chi connectivity index (χ4n) is 1.30. The summed E-state index contributed by atoms with van der Waals surface area (Å²) in [6.07, 6.45) is 11.2. The van der Waals surface area contributed by atoms with E-state index < -0.39 is 0 Å². The van der Waals surface area contributed by atoms with Gasteiger partial charge in [-0.25, -0.2) is 0 Å². The minimum Gasteiger partial charge on any atom is -0.309 e. The Kier molecular flexibility index (Phi) is 8.72. The first-order valence-electron chi connectivity index (χ1n) is 5.31. The topological polar surface area (TPSA) is 0 Å². The molecule has 11 heavy (non-hydrogen) atoms. The maximum atomic E-state index is 2.43. The Bertz CT molecular complexity index is 71.3. The minimum absolute atomic E-state index is 0.299. The van der Waals surface area contributed by atoms with Crippen LogP contribution in [0.1, 0.15) is 52.4 Å². The van der Waals surface area contributed by atoms with Crippen molar-refractivity contribution >= 4 is 11.8 Å². The van der Waals surface area contributed by atoms with Crippen LogP contribution in [0.2, 0.25) is 0 Å². The molecule has 0 aliphatic rings. The van der Waals surface area contributed by atoms with Crippen molar-refractivity contribution in [2.45, 2.75) is 57.6 Å². The minimum atomic E-state index is 0.299. The number of unbranched alkanes of at least 4 members (excludes halogenated alkanes) is 4. The van der Waals surface area contributed by atoms with Gasteiger partial charge >= 0.3 is 0 Å². The molecule has 0 saturated heterocycles. The zero-order valence-corrected chi connectivity index (χ0v) is 9.94. The highest BCUT2D eigenvalue weighted by molar-refractivity contribution is 7.99. The molecule has 0 aromatic carbocycles. The quantitative estimate of drug-likeness (QED) is 0.526. The molecule has 0 fully saturated rings. The first-order chi connectivity index (χ1) is 5.31. The van der Waals surface area contributed by atoms with Crippen molar-refractivity contribution in [3.63, 3.8) is 0 Å². The molecule has 0 radical (unpaired) electrons. The molecule has 0 saturated carbocycles. The molecule has 0 aromatic heterocycles. The van der Waals surface area contributed by atoms with E-state index in [0.717, 1.165) is 5.25 Å². The van der Waals surface area contributed by atoms with E-state index in [1.807, 2.05) is 0 Å². The Morgan fingerprint density at radius 1 is 1.09 bits per heavy atom. The Labute approximate surface area is 76.1 Å². The molecule has 72 valence electrons. The highest BCUT2D eigenvalue weighted by Gasteiger charge is 1.95. The molecule has 0 aromatic rings. The molecule has 0 N–H and O–H groups in total. The van der Waals surface area contributed by atoms with E-state index in [2.05, 4.69) is 20.1 Å². The summed E-state index contributed by atoms with van der Waals surface area (Å²) in [6, 6.07) is 0. The van der Waals surface area contributed by atoms with Gasteiger partial charge in [-0.1, -0.05) is 52.2 Å². The monoisotopic (exact) mass is 178 g/mol. The normalized spacial score (nSPS) is 13.7. The summed E-state index contributed by atoms with van der Waals surface area (Å²) in [6.45, 7) is 4.70. The van der Waals surface area contributed by atoms with Crippen LogP contribution in [-0.2, 0) is 0 Å². The van der Waals surface area contributed by atoms with E-state index in [1.54, 1.807) is 0 Å². The summed E-state index contributed by atoms with van der Waals surface area (Å²) < 4.78 is 0. The molecule has 1 heteroatoms. The van der Waals surface area contributed by atoms with E-state index in [1.165, 1.54) is 38.5 Å². The van der Waals surface area contributed by atoms with E-state index >= 15 is 0 Å². The molecule has 1 unspecified atom stereocenters. The lowest BCUT2D eigenvalue weighted by Gasteiger charge is -2.09. The molecular formula is C10H26S. The molecule has 0 spiro atoms. The van der Waals surface area contributed by atoms with E-state index in [0.29, 0.717) is 11.8 Å². The Balaban J connectivity index is 2.89. The average Bonchev–Trinajstić information content (AvgIpc) is 2.04. The van der Waals surface area contributed by atoms with Crippen LogP contribution in [0.4, 0.5) is 0 Å². The smallest absolute Gasteiger partial charge is 0.0331 e. The standard InChI is InChI=1S/C10H26S/c1-4-5-6-7-8-9-10(2)11-3/h10H,4-9H2,1-3H3,11H4. The maximum absolute atomic E-state index is 2.43. The average molecular weight is 178 g/mol.